The number of nitrogens with zero attached hydrogens (tertiary/aromatic N) is 1. The zero-order valence-corrected chi connectivity index (χ0v) is 16.7. The van der Waals surface area contributed by atoms with Crippen LogP contribution in [0.4, 0.5) is 0 Å². The summed E-state index contributed by atoms with van der Waals surface area (Å²) in [5.74, 6) is -0.214. The van der Waals surface area contributed by atoms with Crippen LogP contribution < -0.4 is 0 Å². The second kappa shape index (κ2) is 10.0. The van der Waals surface area contributed by atoms with Crippen LogP contribution in [0.1, 0.15) is 34.3 Å². The zero-order chi connectivity index (χ0) is 20.6. The SMILES string of the molecule is COC(=O)c1ccc(CCN2C(=O)CC[C@@H]2/C=C/[C@@H](O)Cc2ccccc2)cc1. The summed E-state index contributed by atoms with van der Waals surface area (Å²) in [6.07, 6.45) is 5.77. The Morgan fingerprint density at radius 2 is 1.90 bits per heavy atom. The number of ether oxygens (including phenoxy) is 1. The summed E-state index contributed by atoms with van der Waals surface area (Å²) >= 11 is 0. The number of likely N-dealkylation sites (tertiary alicyclic amines) is 1. The number of amides is 1. The van der Waals surface area contributed by atoms with Gasteiger partial charge >= 0.3 is 5.97 Å². The fraction of sp³-hybridized carbons (Fsp3) is 0.333. The Labute approximate surface area is 171 Å². The maximum atomic E-state index is 12.3. The van der Waals surface area contributed by atoms with Crippen molar-refractivity contribution < 1.29 is 19.4 Å². The predicted octanol–water partition coefficient (Wildman–Crippen LogP) is 3.17. The highest BCUT2D eigenvalue weighted by atomic mass is 16.5. The van der Waals surface area contributed by atoms with Crippen LogP contribution in [0.2, 0.25) is 0 Å². The van der Waals surface area contributed by atoms with Crippen molar-refractivity contribution in [2.75, 3.05) is 13.7 Å². The van der Waals surface area contributed by atoms with Crippen molar-refractivity contribution in [1.29, 1.82) is 0 Å². The van der Waals surface area contributed by atoms with Crippen molar-refractivity contribution in [3.05, 3.63) is 83.4 Å². The first-order valence-corrected chi connectivity index (χ1v) is 9.94. The summed E-state index contributed by atoms with van der Waals surface area (Å²) in [6, 6.07) is 17.1. The lowest BCUT2D eigenvalue weighted by molar-refractivity contribution is -0.128. The van der Waals surface area contributed by atoms with Crippen molar-refractivity contribution in [2.45, 2.75) is 37.8 Å². The van der Waals surface area contributed by atoms with Gasteiger partial charge in [0.05, 0.1) is 24.8 Å². The minimum absolute atomic E-state index is 0.0160. The van der Waals surface area contributed by atoms with Gasteiger partial charge in [0.1, 0.15) is 0 Å². The molecule has 1 heterocycles. The van der Waals surface area contributed by atoms with Crippen LogP contribution in [0.25, 0.3) is 0 Å². The number of carbonyl (C=O) groups is 2. The molecule has 0 unspecified atom stereocenters. The van der Waals surface area contributed by atoms with Crippen molar-refractivity contribution in [1.82, 2.24) is 4.90 Å². The Balaban J connectivity index is 1.55. The van der Waals surface area contributed by atoms with E-state index < -0.39 is 6.10 Å². The fourth-order valence-electron chi connectivity index (χ4n) is 3.60. The van der Waals surface area contributed by atoms with Crippen LogP contribution in [0.15, 0.2) is 66.7 Å². The second-order valence-corrected chi connectivity index (χ2v) is 7.27. The Bertz CT molecular complexity index is 845. The third kappa shape index (κ3) is 5.78. The molecule has 0 spiro atoms. The summed E-state index contributed by atoms with van der Waals surface area (Å²) in [4.78, 5) is 25.7. The van der Waals surface area contributed by atoms with E-state index in [0.29, 0.717) is 31.4 Å². The Kier molecular flexibility index (Phi) is 7.19. The van der Waals surface area contributed by atoms with Gasteiger partial charge in [-0.3, -0.25) is 4.79 Å². The van der Waals surface area contributed by atoms with E-state index in [1.54, 1.807) is 18.2 Å². The summed E-state index contributed by atoms with van der Waals surface area (Å²) < 4.78 is 4.71. The fourth-order valence-corrected chi connectivity index (χ4v) is 3.60. The summed E-state index contributed by atoms with van der Waals surface area (Å²) in [5, 5.41) is 10.3. The quantitative estimate of drug-likeness (QED) is 0.553. The Morgan fingerprint density at radius 1 is 1.17 bits per heavy atom. The maximum Gasteiger partial charge on any atom is 0.337 e. The molecule has 1 aliphatic heterocycles. The Morgan fingerprint density at radius 3 is 2.59 bits per heavy atom. The van der Waals surface area contributed by atoms with E-state index in [1.165, 1.54) is 7.11 Å². The van der Waals surface area contributed by atoms with Gasteiger partial charge in [0.15, 0.2) is 0 Å². The highest BCUT2D eigenvalue weighted by molar-refractivity contribution is 5.89. The minimum Gasteiger partial charge on any atom is -0.465 e. The van der Waals surface area contributed by atoms with E-state index in [1.807, 2.05) is 53.4 Å². The van der Waals surface area contributed by atoms with E-state index in [0.717, 1.165) is 17.5 Å². The van der Waals surface area contributed by atoms with Gasteiger partial charge in [0, 0.05) is 19.4 Å². The number of aliphatic hydroxyl groups is 1. The van der Waals surface area contributed by atoms with E-state index >= 15 is 0 Å². The molecular weight excluding hydrogens is 366 g/mol. The molecule has 29 heavy (non-hydrogen) atoms. The highest BCUT2D eigenvalue weighted by Gasteiger charge is 2.28. The second-order valence-electron chi connectivity index (χ2n) is 7.27. The molecule has 1 fully saturated rings. The van der Waals surface area contributed by atoms with Crippen LogP contribution in [-0.4, -0.2) is 47.7 Å². The van der Waals surface area contributed by atoms with Crippen LogP contribution >= 0.6 is 0 Å². The third-order valence-corrected chi connectivity index (χ3v) is 5.23. The predicted molar refractivity (Wildman–Crippen MR) is 112 cm³/mol. The normalized spacial score (nSPS) is 17.7. The molecule has 0 aliphatic carbocycles. The molecule has 1 aliphatic rings. The van der Waals surface area contributed by atoms with Crippen LogP contribution in [0, 0.1) is 0 Å². The van der Waals surface area contributed by atoms with Gasteiger partial charge < -0.3 is 14.7 Å². The van der Waals surface area contributed by atoms with Gasteiger partial charge in [-0.25, -0.2) is 4.79 Å². The number of hydrogen-bond acceptors (Lipinski definition) is 4. The molecule has 152 valence electrons. The molecule has 5 heteroatoms. The van der Waals surface area contributed by atoms with Crippen molar-refractivity contribution in [2.24, 2.45) is 0 Å². The van der Waals surface area contributed by atoms with Gasteiger partial charge in [0.25, 0.3) is 0 Å². The maximum absolute atomic E-state index is 12.3. The van der Waals surface area contributed by atoms with Gasteiger partial charge in [0.2, 0.25) is 5.91 Å². The number of methoxy groups -OCH3 is 1. The molecule has 0 radical (unpaired) electrons. The smallest absolute Gasteiger partial charge is 0.337 e. The van der Waals surface area contributed by atoms with E-state index in [9.17, 15) is 14.7 Å². The molecule has 5 nitrogen and oxygen atoms in total. The zero-order valence-electron chi connectivity index (χ0n) is 16.7. The van der Waals surface area contributed by atoms with Crippen molar-refractivity contribution in [3.63, 3.8) is 0 Å². The molecule has 2 aromatic rings. The first-order chi connectivity index (χ1) is 14.1. The highest BCUT2D eigenvalue weighted by Crippen LogP contribution is 2.21. The van der Waals surface area contributed by atoms with E-state index in [-0.39, 0.29) is 17.9 Å². The summed E-state index contributed by atoms with van der Waals surface area (Å²) in [5.41, 5.74) is 2.66. The average Bonchev–Trinajstić information content (AvgIpc) is 3.10. The van der Waals surface area contributed by atoms with E-state index in [4.69, 9.17) is 4.74 Å². The number of carbonyl (C=O) groups excluding carboxylic acids is 2. The first-order valence-electron chi connectivity index (χ1n) is 9.94. The molecular formula is C24H27NO4. The van der Waals surface area contributed by atoms with Crippen LogP contribution in [0.3, 0.4) is 0 Å². The van der Waals surface area contributed by atoms with Gasteiger partial charge in [-0.1, -0.05) is 54.6 Å². The Hall–Kier alpha value is -2.92. The van der Waals surface area contributed by atoms with Crippen LogP contribution in [0.5, 0.6) is 0 Å². The molecule has 2 atom stereocenters. The number of aliphatic hydroxyl groups excluding tert-OH is 1. The lowest BCUT2D eigenvalue weighted by Gasteiger charge is -2.23. The lowest BCUT2D eigenvalue weighted by Crippen LogP contribution is -2.33. The number of hydrogen-bond donors (Lipinski definition) is 1. The molecule has 3 rings (SSSR count). The molecule has 0 bridgehead atoms. The molecule has 1 N–H and O–H groups in total. The number of esters is 1. The number of benzene rings is 2. The molecule has 0 aromatic heterocycles. The van der Waals surface area contributed by atoms with Crippen molar-refractivity contribution in [3.8, 4) is 0 Å². The standard InChI is InChI=1S/C24H27NO4/c1-29-24(28)20-9-7-18(8-10-20)15-16-25-21(12-14-23(25)27)11-13-22(26)17-19-5-3-2-4-6-19/h2-11,13,21-22,26H,12,14-17H2,1H3/b13-11+/t21-,22+/m0/s1. The van der Waals surface area contributed by atoms with Crippen molar-refractivity contribution >= 4 is 11.9 Å². The molecule has 0 saturated carbocycles. The van der Waals surface area contributed by atoms with Gasteiger partial charge in [-0.15, -0.1) is 0 Å². The molecule has 1 amide bonds. The third-order valence-electron chi connectivity index (χ3n) is 5.23. The largest absolute Gasteiger partial charge is 0.465 e. The van der Waals surface area contributed by atoms with E-state index in [2.05, 4.69) is 0 Å². The average molecular weight is 393 g/mol. The summed E-state index contributed by atoms with van der Waals surface area (Å²) in [7, 11) is 1.36. The van der Waals surface area contributed by atoms with Gasteiger partial charge in [-0.05, 0) is 36.1 Å². The topological polar surface area (TPSA) is 66.8 Å². The monoisotopic (exact) mass is 393 g/mol. The number of rotatable bonds is 8. The molecule has 2 aromatic carbocycles. The minimum atomic E-state index is -0.569. The van der Waals surface area contributed by atoms with Gasteiger partial charge in [-0.2, -0.15) is 0 Å². The summed E-state index contributed by atoms with van der Waals surface area (Å²) in [6.45, 7) is 0.611. The molecule has 1 saturated heterocycles. The van der Waals surface area contributed by atoms with Crippen LogP contribution in [-0.2, 0) is 22.4 Å². The first kappa shape index (κ1) is 20.8. The lowest BCUT2D eigenvalue weighted by atomic mass is 10.1.